The first-order chi connectivity index (χ1) is 7.25. The summed E-state index contributed by atoms with van der Waals surface area (Å²) in [7, 11) is 0. The van der Waals surface area contributed by atoms with Crippen LogP contribution in [0.25, 0.3) is 0 Å². The molecule has 0 saturated carbocycles. The molecule has 0 N–H and O–H groups in total. The SMILES string of the molecule is Fc1cccnc1Oc1cccc(I)c1. The Labute approximate surface area is 100 Å². The summed E-state index contributed by atoms with van der Waals surface area (Å²) in [6.45, 7) is 0. The van der Waals surface area contributed by atoms with Crippen molar-refractivity contribution in [2.75, 3.05) is 0 Å². The molecule has 2 rings (SSSR count). The highest BCUT2D eigenvalue weighted by atomic mass is 127. The standard InChI is InChI=1S/C11H7FINO/c12-10-5-2-6-14-11(10)15-9-4-1-3-8(13)7-9/h1-7H. The first kappa shape index (κ1) is 10.4. The third kappa shape index (κ3) is 2.65. The predicted molar refractivity (Wildman–Crippen MR) is 63.4 cm³/mol. The molecule has 0 radical (unpaired) electrons. The van der Waals surface area contributed by atoms with Gasteiger partial charge in [-0.3, -0.25) is 0 Å². The molecule has 0 fully saturated rings. The van der Waals surface area contributed by atoms with Crippen LogP contribution in [-0.2, 0) is 0 Å². The van der Waals surface area contributed by atoms with Gasteiger partial charge >= 0.3 is 0 Å². The van der Waals surface area contributed by atoms with Crippen molar-refractivity contribution in [2.24, 2.45) is 0 Å². The third-order valence-corrected chi connectivity index (χ3v) is 2.41. The molecule has 1 aromatic heterocycles. The van der Waals surface area contributed by atoms with Crippen molar-refractivity contribution in [3.63, 3.8) is 0 Å². The molecule has 2 nitrogen and oxygen atoms in total. The fourth-order valence-corrected chi connectivity index (χ4v) is 1.60. The van der Waals surface area contributed by atoms with Gasteiger partial charge in [-0.2, -0.15) is 0 Å². The van der Waals surface area contributed by atoms with E-state index in [-0.39, 0.29) is 5.88 Å². The van der Waals surface area contributed by atoms with Crippen LogP contribution in [0.3, 0.4) is 0 Å². The maximum absolute atomic E-state index is 13.2. The van der Waals surface area contributed by atoms with Crippen LogP contribution in [0.15, 0.2) is 42.6 Å². The highest BCUT2D eigenvalue weighted by Crippen LogP contribution is 2.22. The van der Waals surface area contributed by atoms with E-state index in [0.717, 1.165) is 3.57 Å². The van der Waals surface area contributed by atoms with Crippen molar-refractivity contribution < 1.29 is 9.13 Å². The van der Waals surface area contributed by atoms with Crippen molar-refractivity contribution in [1.29, 1.82) is 0 Å². The topological polar surface area (TPSA) is 22.1 Å². The maximum Gasteiger partial charge on any atom is 0.255 e. The Bertz CT molecular complexity index is 476. The molecular formula is C11H7FINO. The van der Waals surface area contributed by atoms with Crippen LogP contribution in [-0.4, -0.2) is 4.98 Å². The summed E-state index contributed by atoms with van der Waals surface area (Å²) < 4.78 is 19.5. The number of halogens is 2. The molecule has 2 aromatic rings. The number of nitrogens with zero attached hydrogens (tertiary/aromatic N) is 1. The van der Waals surface area contributed by atoms with E-state index in [0.29, 0.717) is 5.75 Å². The number of pyridine rings is 1. The lowest BCUT2D eigenvalue weighted by molar-refractivity contribution is 0.422. The third-order valence-electron chi connectivity index (χ3n) is 1.74. The average Bonchev–Trinajstić information content (AvgIpc) is 2.22. The molecule has 4 heteroatoms. The molecule has 0 unspecified atom stereocenters. The molecule has 0 amide bonds. The van der Waals surface area contributed by atoms with Gasteiger partial charge in [-0.1, -0.05) is 6.07 Å². The lowest BCUT2D eigenvalue weighted by Crippen LogP contribution is -1.91. The molecule has 0 aliphatic carbocycles. The Hall–Kier alpha value is -1.17. The zero-order valence-electron chi connectivity index (χ0n) is 7.65. The van der Waals surface area contributed by atoms with Gasteiger partial charge in [0.1, 0.15) is 5.75 Å². The van der Waals surface area contributed by atoms with E-state index in [1.807, 2.05) is 18.2 Å². The van der Waals surface area contributed by atoms with Gasteiger partial charge in [-0.25, -0.2) is 9.37 Å². The second-order valence-corrected chi connectivity index (χ2v) is 4.10. The Balaban J connectivity index is 2.26. The lowest BCUT2D eigenvalue weighted by Gasteiger charge is -2.04. The highest BCUT2D eigenvalue weighted by Gasteiger charge is 2.04. The average molecular weight is 315 g/mol. The molecule has 76 valence electrons. The summed E-state index contributed by atoms with van der Waals surface area (Å²) in [5, 5.41) is 0. The van der Waals surface area contributed by atoms with E-state index >= 15 is 0 Å². The Morgan fingerprint density at radius 2 is 2.07 bits per heavy atom. The number of hydrogen-bond donors (Lipinski definition) is 0. The van der Waals surface area contributed by atoms with E-state index in [4.69, 9.17) is 4.74 Å². The van der Waals surface area contributed by atoms with E-state index in [1.54, 1.807) is 6.07 Å². The van der Waals surface area contributed by atoms with Crippen molar-refractivity contribution in [3.05, 3.63) is 52.0 Å². The van der Waals surface area contributed by atoms with Gasteiger partial charge in [0.15, 0.2) is 5.82 Å². The van der Waals surface area contributed by atoms with E-state index < -0.39 is 5.82 Å². The summed E-state index contributed by atoms with van der Waals surface area (Å²) in [5.41, 5.74) is 0. The first-order valence-corrected chi connectivity index (χ1v) is 5.37. The van der Waals surface area contributed by atoms with Crippen molar-refractivity contribution in [3.8, 4) is 11.6 Å². The molecular weight excluding hydrogens is 308 g/mol. The van der Waals surface area contributed by atoms with Crippen LogP contribution >= 0.6 is 22.6 Å². The van der Waals surface area contributed by atoms with Crippen molar-refractivity contribution in [2.45, 2.75) is 0 Å². The summed E-state index contributed by atoms with van der Waals surface area (Å²) in [6.07, 6.45) is 1.49. The Morgan fingerprint density at radius 1 is 1.20 bits per heavy atom. The minimum Gasteiger partial charge on any atom is -0.436 e. The number of aromatic nitrogens is 1. The van der Waals surface area contributed by atoms with Gasteiger partial charge < -0.3 is 4.74 Å². The molecule has 1 aromatic carbocycles. The molecule has 1 heterocycles. The summed E-state index contributed by atoms with van der Waals surface area (Å²) in [5.74, 6) is 0.121. The first-order valence-electron chi connectivity index (χ1n) is 4.29. The van der Waals surface area contributed by atoms with Gasteiger partial charge in [-0.05, 0) is 52.9 Å². The molecule has 0 aliphatic heterocycles. The quantitative estimate of drug-likeness (QED) is 0.790. The van der Waals surface area contributed by atoms with Crippen LogP contribution < -0.4 is 4.74 Å². The zero-order valence-corrected chi connectivity index (χ0v) is 9.81. The summed E-state index contributed by atoms with van der Waals surface area (Å²) in [6, 6.07) is 10.2. The molecule has 0 atom stereocenters. The number of rotatable bonds is 2. The van der Waals surface area contributed by atoms with E-state index in [1.165, 1.54) is 18.3 Å². The van der Waals surface area contributed by atoms with Gasteiger partial charge in [0.25, 0.3) is 5.88 Å². The van der Waals surface area contributed by atoms with Crippen LogP contribution in [0.4, 0.5) is 4.39 Å². The second-order valence-electron chi connectivity index (χ2n) is 2.85. The fraction of sp³-hybridized carbons (Fsp3) is 0. The maximum atomic E-state index is 13.2. The normalized spacial score (nSPS) is 10.0. The van der Waals surface area contributed by atoms with Crippen molar-refractivity contribution in [1.82, 2.24) is 4.98 Å². The molecule has 15 heavy (non-hydrogen) atoms. The van der Waals surface area contributed by atoms with E-state index in [2.05, 4.69) is 27.6 Å². The lowest BCUT2D eigenvalue weighted by atomic mass is 10.3. The fourth-order valence-electron chi connectivity index (χ4n) is 1.09. The monoisotopic (exact) mass is 315 g/mol. The largest absolute Gasteiger partial charge is 0.436 e. The van der Waals surface area contributed by atoms with Crippen LogP contribution in [0.2, 0.25) is 0 Å². The number of ether oxygens (including phenoxy) is 1. The van der Waals surface area contributed by atoms with Crippen LogP contribution in [0.1, 0.15) is 0 Å². The second kappa shape index (κ2) is 4.57. The number of hydrogen-bond acceptors (Lipinski definition) is 2. The number of benzene rings is 1. The molecule has 0 bridgehead atoms. The minimum absolute atomic E-state index is 0.000463. The van der Waals surface area contributed by atoms with Gasteiger partial charge in [0.05, 0.1) is 0 Å². The Morgan fingerprint density at radius 3 is 2.80 bits per heavy atom. The molecule has 0 spiro atoms. The highest BCUT2D eigenvalue weighted by molar-refractivity contribution is 14.1. The minimum atomic E-state index is -0.462. The Kier molecular flexibility index (Phi) is 3.15. The summed E-state index contributed by atoms with van der Waals surface area (Å²) >= 11 is 2.16. The molecule has 0 saturated heterocycles. The summed E-state index contributed by atoms with van der Waals surface area (Å²) in [4.78, 5) is 3.80. The molecule has 0 aliphatic rings. The zero-order chi connectivity index (χ0) is 10.7. The van der Waals surface area contributed by atoms with Crippen LogP contribution in [0.5, 0.6) is 11.6 Å². The predicted octanol–water partition coefficient (Wildman–Crippen LogP) is 3.62. The smallest absolute Gasteiger partial charge is 0.255 e. The van der Waals surface area contributed by atoms with E-state index in [9.17, 15) is 4.39 Å². The van der Waals surface area contributed by atoms with Gasteiger partial charge in [-0.15, -0.1) is 0 Å². The van der Waals surface area contributed by atoms with Gasteiger partial charge in [0.2, 0.25) is 0 Å². The van der Waals surface area contributed by atoms with Crippen LogP contribution in [0, 0.1) is 9.39 Å². The van der Waals surface area contributed by atoms with Crippen molar-refractivity contribution >= 4 is 22.6 Å². The van der Waals surface area contributed by atoms with Gasteiger partial charge in [0, 0.05) is 9.77 Å².